The zero-order valence-corrected chi connectivity index (χ0v) is 7.90. The fraction of sp³-hybridized carbons (Fsp3) is 0.250. The van der Waals surface area contributed by atoms with Crippen molar-refractivity contribution in [3.63, 3.8) is 0 Å². The van der Waals surface area contributed by atoms with Crippen LogP contribution in [0.2, 0.25) is 0 Å². The largest absolute Gasteiger partial charge is 0.477 e. The third-order valence-electron chi connectivity index (χ3n) is 1.54. The molecule has 0 saturated carbocycles. The van der Waals surface area contributed by atoms with E-state index >= 15 is 0 Å². The second-order valence-corrected chi connectivity index (χ2v) is 2.89. The number of anilines is 1. The molecule has 1 rings (SSSR count). The Labute approximate surface area is 84.5 Å². The topological polar surface area (TPSA) is 112 Å². The summed E-state index contributed by atoms with van der Waals surface area (Å²) in [7, 11) is 0. The first-order chi connectivity index (χ1) is 7.00. The molecule has 0 aliphatic heterocycles. The van der Waals surface area contributed by atoms with Crippen LogP contribution in [0.3, 0.4) is 0 Å². The van der Waals surface area contributed by atoms with E-state index in [0.29, 0.717) is 0 Å². The van der Waals surface area contributed by atoms with Crippen molar-refractivity contribution in [3.8, 4) is 0 Å². The normalized spacial score (nSPS) is 9.67. The van der Waals surface area contributed by atoms with Crippen LogP contribution in [0.25, 0.3) is 0 Å². The van der Waals surface area contributed by atoms with Crippen LogP contribution in [-0.2, 0) is 9.59 Å². The number of carbonyl (C=O) groups excluding carboxylic acids is 2. The van der Waals surface area contributed by atoms with Gasteiger partial charge < -0.3 is 10.4 Å². The minimum Gasteiger partial charge on any atom is -0.477 e. The van der Waals surface area contributed by atoms with Gasteiger partial charge in [0.05, 0.1) is 12.6 Å². The maximum Gasteiger partial charge on any atom is 0.341 e. The van der Waals surface area contributed by atoms with E-state index in [9.17, 15) is 14.4 Å². The Hall–Kier alpha value is -2.18. The summed E-state index contributed by atoms with van der Waals surface area (Å²) in [5.41, 5.74) is -0.146. The molecule has 3 N–H and O–H groups in total. The van der Waals surface area contributed by atoms with Crippen molar-refractivity contribution in [2.24, 2.45) is 0 Å². The van der Waals surface area contributed by atoms with Crippen LogP contribution >= 0.6 is 0 Å². The van der Waals surface area contributed by atoms with E-state index in [4.69, 9.17) is 5.11 Å². The predicted molar refractivity (Wildman–Crippen MR) is 49.5 cm³/mol. The standard InChI is InChI=1S/C8H9N3O4/c1-4(12)2-6(13)10-7-5(8(14)15)3-9-11-7/h3H,2H2,1H3,(H,14,15)(H2,9,10,11,13). The van der Waals surface area contributed by atoms with Crippen LogP contribution < -0.4 is 5.32 Å². The maximum absolute atomic E-state index is 11.1. The van der Waals surface area contributed by atoms with Gasteiger partial charge in [0.25, 0.3) is 0 Å². The summed E-state index contributed by atoms with van der Waals surface area (Å²) in [6, 6.07) is 0. The summed E-state index contributed by atoms with van der Waals surface area (Å²) in [5.74, 6) is -2.10. The molecule has 7 nitrogen and oxygen atoms in total. The monoisotopic (exact) mass is 211 g/mol. The van der Waals surface area contributed by atoms with Gasteiger partial charge in [-0.3, -0.25) is 14.7 Å². The van der Waals surface area contributed by atoms with E-state index < -0.39 is 11.9 Å². The van der Waals surface area contributed by atoms with E-state index in [1.807, 2.05) is 0 Å². The Bertz CT molecular complexity index is 410. The van der Waals surface area contributed by atoms with Crippen LogP contribution in [0, 0.1) is 0 Å². The Kier molecular flexibility index (Phi) is 3.17. The van der Waals surface area contributed by atoms with Crippen molar-refractivity contribution in [2.45, 2.75) is 13.3 Å². The van der Waals surface area contributed by atoms with Crippen molar-refractivity contribution in [3.05, 3.63) is 11.8 Å². The molecule has 0 bridgehead atoms. The van der Waals surface area contributed by atoms with Gasteiger partial charge in [-0.05, 0) is 6.92 Å². The van der Waals surface area contributed by atoms with Crippen molar-refractivity contribution in [2.75, 3.05) is 5.32 Å². The zero-order valence-electron chi connectivity index (χ0n) is 7.90. The number of aromatic amines is 1. The summed E-state index contributed by atoms with van der Waals surface area (Å²) in [6.07, 6.45) is 0.782. The van der Waals surface area contributed by atoms with Crippen LogP contribution in [0.5, 0.6) is 0 Å². The lowest BCUT2D eigenvalue weighted by molar-refractivity contribution is -0.124. The Morgan fingerprint density at radius 3 is 2.73 bits per heavy atom. The number of H-pyrrole nitrogens is 1. The zero-order chi connectivity index (χ0) is 11.4. The van der Waals surface area contributed by atoms with Gasteiger partial charge in [-0.15, -0.1) is 0 Å². The molecule has 1 aromatic heterocycles. The molecule has 0 aliphatic carbocycles. The Morgan fingerprint density at radius 1 is 1.53 bits per heavy atom. The SMILES string of the molecule is CC(=O)CC(=O)Nc1[nH]ncc1C(=O)O. The first-order valence-corrected chi connectivity index (χ1v) is 4.06. The molecule has 0 aromatic carbocycles. The first-order valence-electron chi connectivity index (χ1n) is 4.06. The number of nitrogens with one attached hydrogen (secondary N) is 2. The van der Waals surface area contributed by atoms with E-state index in [1.54, 1.807) is 0 Å². The van der Waals surface area contributed by atoms with Gasteiger partial charge in [0, 0.05) is 0 Å². The highest BCUT2D eigenvalue weighted by atomic mass is 16.4. The number of Topliss-reactive ketones (excluding diaryl/α,β-unsaturated/α-hetero) is 1. The molecular weight excluding hydrogens is 202 g/mol. The minimum absolute atomic E-state index is 0.0197. The number of ketones is 1. The number of aromatic nitrogens is 2. The van der Waals surface area contributed by atoms with Gasteiger partial charge in [-0.1, -0.05) is 0 Å². The molecule has 1 aromatic rings. The lowest BCUT2D eigenvalue weighted by atomic mass is 10.3. The molecule has 0 saturated heterocycles. The number of amides is 1. The highest BCUT2D eigenvalue weighted by Gasteiger charge is 2.15. The summed E-state index contributed by atoms with van der Waals surface area (Å²) < 4.78 is 0. The number of hydrogen-bond acceptors (Lipinski definition) is 4. The first kappa shape index (κ1) is 10.9. The van der Waals surface area contributed by atoms with E-state index in [2.05, 4.69) is 15.5 Å². The summed E-state index contributed by atoms with van der Waals surface area (Å²) in [4.78, 5) is 32.3. The molecule has 0 fully saturated rings. The lowest BCUT2D eigenvalue weighted by Crippen LogP contribution is -2.16. The van der Waals surface area contributed by atoms with Gasteiger partial charge in [0.15, 0.2) is 0 Å². The van der Waals surface area contributed by atoms with Gasteiger partial charge in [-0.25, -0.2) is 4.79 Å². The van der Waals surface area contributed by atoms with Crippen LogP contribution in [0.1, 0.15) is 23.7 Å². The fourth-order valence-electron chi connectivity index (χ4n) is 0.953. The van der Waals surface area contributed by atoms with E-state index in [0.717, 1.165) is 6.20 Å². The average molecular weight is 211 g/mol. The van der Waals surface area contributed by atoms with Gasteiger partial charge >= 0.3 is 5.97 Å². The predicted octanol–water partition coefficient (Wildman–Crippen LogP) is 0.0255. The molecule has 7 heteroatoms. The number of hydrogen-bond donors (Lipinski definition) is 3. The van der Waals surface area contributed by atoms with Gasteiger partial charge in [-0.2, -0.15) is 5.10 Å². The number of carbonyl (C=O) groups is 3. The fourth-order valence-corrected chi connectivity index (χ4v) is 0.953. The van der Waals surface area contributed by atoms with Crippen molar-refractivity contribution in [1.82, 2.24) is 10.2 Å². The maximum atomic E-state index is 11.1. The average Bonchev–Trinajstić information content (AvgIpc) is 2.50. The number of nitrogens with zero attached hydrogens (tertiary/aromatic N) is 1. The van der Waals surface area contributed by atoms with Gasteiger partial charge in [0.1, 0.15) is 17.2 Å². The van der Waals surface area contributed by atoms with Crippen molar-refractivity contribution in [1.29, 1.82) is 0 Å². The van der Waals surface area contributed by atoms with Gasteiger partial charge in [0.2, 0.25) is 5.91 Å². The van der Waals surface area contributed by atoms with Crippen molar-refractivity contribution >= 4 is 23.5 Å². The molecule has 15 heavy (non-hydrogen) atoms. The quantitative estimate of drug-likeness (QED) is 0.608. The molecule has 0 atom stereocenters. The molecule has 1 amide bonds. The summed E-state index contributed by atoms with van der Waals surface area (Å²) in [6.45, 7) is 1.27. The van der Waals surface area contributed by atoms with Crippen molar-refractivity contribution < 1.29 is 19.5 Å². The Balaban J connectivity index is 2.72. The molecule has 0 unspecified atom stereocenters. The minimum atomic E-state index is -1.21. The van der Waals surface area contributed by atoms with Crippen LogP contribution in [0.15, 0.2) is 6.20 Å². The molecule has 0 spiro atoms. The number of aromatic carboxylic acids is 1. The lowest BCUT2D eigenvalue weighted by Gasteiger charge is -2.01. The smallest absolute Gasteiger partial charge is 0.341 e. The highest BCUT2D eigenvalue weighted by molar-refractivity contribution is 6.05. The van der Waals surface area contributed by atoms with E-state index in [1.165, 1.54) is 6.92 Å². The second kappa shape index (κ2) is 4.36. The third-order valence-corrected chi connectivity index (χ3v) is 1.54. The van der Waals surface area contributed by atoms with Crippen LogP contribution in [-0.4, -0.2) is 33.0 Å². The Morgan fingerprint density at radius 2 is 2.20 bits per heavy atom. The number of carboxylic acid groups (broad SMARTS) is 1. The summed E-state index contributed by atoms with van der Waals surface area (Å²) >= 11 is 0. The highest BCUT2D eigenvalue weighted by Crippen LogP contribution is 2.10. The second-order valence-electron chi connectivity index (χ2n) is 2.89. The molecule has 80 valence electrons. The van der Waals surface area contributed by atoms with Crippen LogP contribution in [0.4, 0.5) is 5.82 Å². The third kappa shape index (κ3) is 2.90. The molecule has 0 radical (unpaired) electrons. The number of rotatable bonds is 4. The number of carboxylic acids is 1. The molecular formula is C8H9N3O4. The van der Waals surface area contributed by atoms with E-state index in [-0.39, 0.29) is 23.6 Å². The molecule has 1 heterocycles. The molecule has 0 aliphatic rings. The summed E-state index contributed by atoms with van der Waals surface area (Å²) in [5, 5.41) is 16.7.